The SMILES string of the molecule is COc1cccc(OCC2CC(NC(=O)C[C@H](CCC3CCCCC3)NC(=O)c3cc(-c4c(OC)cccc4OC)n(C(C)C(C)C)n3)C2)c1-c1cc(C(=O)N[C@@H](CCC2CCCCC2)CC(=O)NC2CCC2)nn1CC(C)C. The number of aromatic nitrogens is 4. The van der Waals surface area contributed by atoms with E-state index in [1.807, 2.05) is 57.9 Å². The molecule has 432 valence electrons. The second-order valence-electron chi connectivity index (χ2n) is 24.2. The number of carbonyl (C=O) groups excluding carboxylic acids is 4. The van der Waals surface area contributed by atoms with Gasteiger partial charge in [0.05, 0.1) is 56.5 Å². The summed E-state index contributed by atoms with van der Waals surface area (Å²) in [7, 11) is 4.88. The van der Waals surface area contributed by atoms with Gasteiger partial charge in [-0.05, 0) is 131 Å². The van der Waals surface area contributed by atoms with E-state index in [4.69, 9.17) is 29.1 Å². The predicted molar refractivity (Wildman–Crippen MR) is 309 cm³/mol. The van der Waals surface area contributed by atoms with Crippen molar-refractivity contribution in [2.75, 3.05) is 27.9 Å². The minimum Gasteiger partial charge on any atom is -0.496 e. The molecule has 4 saturated carbocycles. The van der Waals surface area contributed by atoms with E-state index in [9.17, 15) is 19.2 Å². The van der Waals surface area contributed by atoms with Gasteiger partial charge in [-0.2, -0.15) is 10.2 Å². The number of methoxy groups -OCH3 is 3. The molecule has 4 N–H and O–H groups in total. The summed E-state index contributed by atoms with van der Waals surface area (Å²) in [6, 6.07) is 14.5. The Hall–Kier alpha value is -6.06. The van der Waals surface area contributed by atoms with Crippen LogP contribution in [0.25, 0.3) is 22.5 Å². The van der Waals surface area contributed by atoms with E-state index in [0.717, 1.165) is 62.6 Å². The largest absolute Gasteiger partial charge is 0.496 e. The van der Waals surface area contributed by atoms with E-state index in [2.05, 4.69) is 55.9 Å². The monoisotopic (exact) mass is 1090 g/mol. The highest BCUT2D eigenvalue weighted by atomic mass is 16.5. The number of rotatable bonds is 28. The van der Waals surface area contributed by atoms with Crippen LogP contribution in [0.2, 0.25) is 0 Å². The van der Waals surface area contributed by atoms with E-state index < -0.39 is 0 Å². The molecule has 4 aromatic rings. The van der Waals surface area contributed by atoms with Crippen molar-refractivity contribution < 1.29 is 38.1 Å². The van der Waals surface area contributed by atoms with Crippen molar-refractivity contribution in [3.8, 4) is 45.5 Å². The number of hydrogen-bond donors (Lipinski definition) is 4. The molecule has 2 aromatic heterocycles. The summed E-state index contributed by atoms with van der Waals surface area (Å²) in [5.41, 5.74) is 3.44. The second-order valence-corrected chi connectivity index (χ2v) is 24.2. The van der Waals surface area contributed by atoms with Crippen molar-refractivity contribution in [2.45, 2.75) is 206 Å². The minimum absolute atomic E-state index is 0.00480. The fourth-order valence-corrected chi connectivity index (χ4v) is 12.2. The van der Waals surface area contributed by atoms with Crippen LogP contribution in [-0.2, 0) is 16.1 Å². The van der Waals surface area contributed by atoms with Crippen LogP contribution in [0.15, 0.2) is 48.5 Å². The summed E-state index contributed by atoms with van der Waals surface area (Å²) in [4.78, 5) is 55.7. The molecule has 4 aliphatic rings. The Morgan fingerprint density at radius 3 is 1.54 bits per heavy atom. The van der Waals surface area contributed by atoms with Crippen molar-refractivity contribution in [3.63, 3.8) is 0 Å². The molecule has 0 saturated heterocycles. The third-order valence-corrected chi connectivity index (χ3v) is 17.4. The van der Waals surface area contributed by atoms with E-state index in [1.54, 1.807) is 21.3 Å². The Labute approximate surface area is 470 Å². The first-order valence-corrected chi connectivity index (χ1v) is 30.1. The van der Waals surface area contributed by atoms with Crippen LogP contribution in [0.1, 0.15) is 196 Å². The van der Waals surface area contributed by atoms with E-state index in [0.29, 0.717) is 65.7 Å². The molecule has 2 heterocycles. The molecule has 8 rings (SSSR count). The number of nitrogens with zero attached hydrogens (tertiary/aromatic N) is 4. The number of hydrogen-bond acceptors (Lipinski definition) is 10. The average Bonchev–Trinajstić information content (AvgIpc) is 4.16. The normalized spacial score (nSPS) is 19.2. The van der Waals surface area contributed by atoms with Crippen molar-refractivity contribution in [2.24, 2.45) is 29.6 Å². The van der Waals surface area contributed by atoms with Gasteiger partial charge in [0.25, 0.3) is 11.8 Å². The zero-order valence-electron chi connectivity index (χ0n) is 48.7. The van der Waals surface area contributed by atoms with Crippen LogP contribution in [-0.4, -0.2) is 95.3 Å². The Balaban J connectivity index is 0.913. The number of nitrogens with one attached hydrogen (secondary N) is 4. The Kier molecular flexibility index (Phi) is 21.2. The molecule has 0 radical (unpaired) electrons. The molecule has 1 unspecified atom stereocenters. The molecular formula is C63H92N8O8. The summed E-state index contributed by atoms with van der Waals surface area (Å²) < 4.78 is 27.9. The zero-order chi connectivity index (χ0) is 56.0. The lowest BCUT2D eigenvalue weighted by Crippen LogP contribution is -2.48. The predicted octanol–water partition coefficient (Wildman–Crippen LogP) is 11.7. The highest BCUT2D eigenvalue weighted by molar-refractivity contribution is 5.95. The molecule has 0 aliphatic heterocycles. The van der Waals surface area contributed by atoms with Gasteiger partial charge >= 0.3 is 0 Å². The van der Waals surface area contributed by atoms with E-state index in [-0.39, 0.29) is 95.8 Å². The van der Waals surface area contributed by atoms with Gasteiger partial charge in [-0.25, -0.2) is 0 Å². The Bertz CT molecular complexity index is 2620. The number of ether oxygens (including phenoxy) is 4. The highest BCUT2D eigenvalue weighted by Gasteiger charge is 2.34. The summed E-state index contributed by atoms with van der Waals surface area (Å²) in [6.07, 6.45) is 20.7. The molecule has 16 heteroatoms. The van der Waals surface area contributed by atoms with Gasteiger partial charge in [-0.1, -0.05) is 104 Å². The first-order chi connectivity index (χ1) is 38.2. The van der Waals surface area contributed by atoms with E-state index >= 15 is 0 Å². The molecular weight excluding hydrogens is 997 g/mol. The van der Waals surface area contributed by atoms with Crippen LogP contribution in [0.5, 0.6) is 23.0 Å². The molecule has 0 spiro atoms. The molecule has 3 atom stereocenters. The number of benzene rings is 2. The van der Waals surface area contributed by atoms with Gasteiger partial charge in [-0.3, -0.25) is 28.5 Å². The lowest BCUT2D eigenvalue weighted by Gasteiger charge is -2.36. The second kappa shape index (κ2) is 28.4. The zero-order valence-corrected chi connectivity index (χ0v) is 48.7. The fraction of sp³-hybridized carbons (Fsp3) is 0.651. The van der Waals surface area contributed by atoms with Crippen molar-refractivity contribution in [1.29, 1.82) is 0 Å². The van der Waals surface area contributed by atoms with Crippen molar-refractivity contribution in [1.82, 2.24) is 40.8 Å². The van der Waals surface area contributed by atoms with Gasteiger partial charge in [0.15, 0.2) is 11.4 Å². The maximum atomic E-state index is 14.3. The minimum atomic E-state index is -0.372. The average molecular weight is 1090 g/mol. The van der Waals surface area contributed by atoms with E-state index in [1.165, 1.54) is 64.2 Å². The molecule has 4 fully saturated rings. The summed E-state index contributed by atoms with van der Waals surface area (Å²) in [5.74, 6) is 3.62. The third kappa shape index (κ3) is 15.9. The molecule has 16 nitrogen and oxygen atoms in total. The quantitative estimate of drug-likeness (QED) is 0.0426. The van der Waals surface area contributed by atoms with Gasteiger partial charge < -0.3 is 40.2 Å². The topological polar surface area (TPSA) is 189 Å². The van der Waals surface area contributed by atoms with Crippen LogP contribution < -0.4 is 40.2 Å². The van der Waals surface area contributed by atoms with Gasteiger partial charge in [0.1, 0.15) is 23.0 Å². The molecule has 0 bridgehead atoms. The maximum absolute atomic E-state index is 14.3. The van der Waals surface area contributed by atoms with Crippen LogP contribution >= 0.6 is 0 Å². The maximum Gasteiger partial charge on any atom is 0.272 e. The first kappa shape index (κ1) is 59.1. The number of carbonyl (C=O) groups is 4. The standard InChI is InChI=1S/C63H92N8O8/c1-40(2)38-70-52(36-50(68-70)62(74)66-47(30-28-43-18-11-9-12-19-43)34-58(72)64-46-22-15-23-46)60-54(76-6)26-17-27-57(60)79-39-45-32-49(33-45)65-59(73)35-48(31-29-44-20-13-10-14-21-44)67-63(75)51-37-53(71(69-51)42(5)41(3)4)61-55(77-7)24-16-25-56(61)78-8/h16-17,24-27,36-37,40-49H,9-15,18-23,28-35,38-39H2,1-8H3,(H,64,72)(H,65,73)(H,66,74)(H,67,75)/t42?,45?,47-,48-,49?/m0/s1. The Morgan fingerprint density at radius 2 is 1.06 bits per heavy atom. The van der Waals surface area contributed by atoms with Crippen molar-refractivity contribution in [3.05, 3.63) is 59.9 Å². The van der Waals surface area contributed by atoms with Crippen molar-refractivity contribution >= 4 is 23.6 Å². The third-order valence-electron chi connectivity index (χ3n) is 17.4. The number of amides is 4. The lowest BCUT2D eigenvalue weighted by atomic mass is 9.80. The molecule has 2 aromatic carbocycles. The van der Waals surface area contributed by atoms with Gasteiger partial charge in [-0.15, -0.1) is 0 Å². The van der Waals surface area contributed by atoms with Crippen LogP contribution in [0, 0.1) is 29.6 Å². The van der Waals surface area contributed by atoms with Crippen LogP contribution in [0.3, 0.4) is 0 Å². The lowest BCUT2D eigenvalue weighted by molar-refractivity contribution is -0.124. The van der Waals surface area contributed by atoms with Gasteiger partial charge in [0.2, 0.25) is 11.8 Å². The van der Waals surface area contributed by atoms with Gasteiger partial charge in [0, 0.05) is 43.6 Å². The molecule has 79 heavy (non-hydrogen) atoms. The fourth-order valence-electron chi connectivity index (χ4n) is 12.2. The first-order valence-electron chi connectivity index (χ1n) is 30.1. The highest BCUT2D eigenvalue weighted by Crippen LogP contribution is 2.42. The molecule has 4 amide bonds. The summed E-state index contributed by atoms with van der Waals surface area (Å²) in [6.45, 7) is 11.6. The smallest absolute Gasteiger partial charge is 0.272 e. The summed E-state index contributed by atoms with van der Waals surface area (Å²) >= 11 is 0. The Morgan fingerprint density at radius 1 is 0.582 bits per heavy atom. The molecule has 4 aliphatic carbocycles. The summed E-state index contributed by atoms with van der Waals surface area (Å²) in [5, 5.41) is 22.8. The van der Waals surface area contributed by atoms with Crippen LogP contribution in [0.4, 0.5) is 0 Å².